The summed E-state index contributed by atoms with van der Waals surface area (Å²) in [6.07, 6.45) is 5.75. The lowest BCUT2D eigenvalue weighted by molar-refractivity contribution is 0.597. The summed E-state index contributed by atoms with van der Waals surface area (Å²) in [5, 5.41) is 0. The van der Waals surface area contributed by atoms with Gasteiger partial charge in [-0.1, -0.05) is 35.0 Å². The molecule has 0 aliphatic heterocycles. The van der Waals surface area contributed by atoms with E-state index < -0.39 is 0 Å². The van der Waals surface area contributed by atoms with E-state index in [0.29, 0.717) is 0 Å². The van der Waals surface area contributed by atoms with Crippen LogP contribution in [0.5, 0.6) is 0 Å². The van der Waals surface area contributed by atoms with Crippen molar-refractivity contribution in [2.24, 2.45) is 5.73 Å². The lowest BCUT2D eigenvalue weighted by Gasteiger charge is -2.16. The number of halogens is 1. The van der Waals surface area contributed by atoms with Crippen LogP contribution in [-0.4, -0.2) is 9.55 Å². The number of aryl methyl sites for hydroxylation is 1. The molecule has 2 rings (SSSR count). The van der Waals surface area contributed by atoms with Gasteiger partial charge < -0.3 is 10.3 Å². The van der Waals surface area contributed by atoms with Crippen LogP contribution in [0.25, 0.3) is 0 Å². The monoisotopic (exact) mass is 321 g/mol. The molecule has 0 fully saturated rings. The van der Waals surface area contributed by atoms with Crippen LogP contribution < -0.4 is 5.73 Å². The number of hydrogen-bond acceptors (Lipinski definition) is 2. The van der Waals surface area contributed by atoms with E-state index in [1.165, 1.54) is 11.1 Å². The zero-order valence-electron chi connectivity index (χ0n) is 11.4. The highest BCUT2D eigenvalue weighted by Gasteiger charge is 2.14. The first-order chi connectivity index (χ1) is 9.13. The first-order valence-electron chi connectivity index (χ1n) is 6.64. The average Bonchev–Trinajstić information content (AvgIpc) is 2.80. The Balaban J connectivity index is 2.18. The molecular weight excluding hydrogens is 302 g/mol. The zero-order valence-corrected chi connectivity index (χ0v) is 13.0. The zero-order chi connectivity index (χ0) is 13.8. The summed E-state index contributed by atoms with van der Waals surface area (Å²) < 4.78 is 3.30. The van der Waals surface area contributed by atoms with Gasteiger partial charge >= 0.3 is 0 Å². The molecule has 0 saturated carbocycles. The smallest absolute Gasteiger partial charge is 0.110 e. The van der Waals surface area contributed by atoms with Gasteiger partial charge in [-0.25, -0.2) is 4.98 Å². The number of aromatic nitrogens is 2. The maximum absolute atomic E-state index is 6.35. The molecule has 0 aliphatic rings. The van der Waals surface area contributed by atoms with Crippen molar-refractivity contribution in [3.63, 3.8) is 0 Å². The third-order valence-corrected chi connectivity index (χ3v) is 4.24. The van der Waals surface area contributed by atoms with Gasteiger partial charge in [-0.05, 0) is 30.5 Å². The molecule has 1 aromatic heterocycles. The van der Waals surface area contributed by atoms with Crippen molar-refractivity contribution in [2.45, 2.75) is 39.3 Å². The Kier molecular flexibility index (Phi) is 4.77. The van der Waals surface area contributed by atoms with Crippen molar-refractivity contribution >= 4 is 15.9 Å². The summed E-state index contributed by atoms with van der Waals surface area (Å²) in [4.78, 5) is 4.42. The molecule has 1 heterocycles. The molecule has 1 unspecified atom stereocenters. The van der Waals surface area contributed by atoms with Crippen LogP contribution >= 0.6 is 15.9 Å². The number of benzene rings is 1. The van der Waals surface area contributed by atoms with Crippen LogP contribution in [0.15, 0.2) is 35.1 Å². The molecule has 2 aromatic rings. The maximum atomic E-state index is 6.35. The van der Waals surface area contributed by atoms with Crippen molar-refractivity contribution in [2.75, 3.05) is 0 Å². The highest BCUT2D eigenvalue weighted by atomic mass is 79.9. The van der Waals surface area contributed by atoms with Crippen molar-refractivity contribution < 1.29 is 0 Å². The van der Waals surface area contributed by atoms with Gasteiger partial charge in [-0.2, -0.15) is 0 Å². The number of imidazole rings is 1. The molecule has 1 atom stereocenters. The molecule has 1 aromatic carbocycles. The van der Waals surface area contributed by atoms with Gasteiger partial charge in [0.25, 0.3) is 0 Å². The Morgan fingerprint density at radius 3 is 2.95 bits per heavy atom. The maximum Gasteiger partial charge on any atom is 0.110 e. The van der Waals surface area contributed by atoms with Gasteiger partial charge in [-0.15, -0.1) is 0 Å². The molecule has 0 radical (unpaired) electrons. The molecule has 0 bridgehead atoms. The highest BCUT2D eigenvalue weighted by Crippen LogP contribution is 2.25. The lowest BCUT2D eigenvalue weighted by atomic mass is 9.99. The highest BCUT2D eigenvalue weighted by molar-refractivity contribution is 9.10. The first kappa shape index (κ1) is 14.3. The molecule has 0 saturated heterocycles. The van der Waals surface area contributed by atoms with Crippen LogP contribution in [0.2, 0.25) is 0 Å². The second-order valence-corrected chi connectivity index (χ2v) is 5.66. The van der Waals surface area contributed by atoms with Gasteiger partial charge in [-0.3, -0.25) is 0 Å². The summed E-state index contributed by atoms with van der Waals surface area (Å²) in [6.45, 7) is 5.26. The van der Waals surface area contributed by atoms with Gasteiger partial charge in [0.05, 0.1) is 0 Å². The molecule has 102 valence electrons. The minimum atomic E-state index is -0.0180. The number of hydrogen-bond donors (Lipinski definition) is 1. The average molecular weight is 322 g/mol. The lowest BCUT2D eigenvalue weighted by Crippen LogP contribution is -2.17. The second-order valence-electron chi connectivity index (χ2n) is 4.80. The van der Waals surface area contributed by atoms with Crippen LogP contribution in [0.4, 0.5) is 0 Å². The van der Waals surface area contributed by atoms with Gasteiger partial charge in [0.15, 0.2) is 0 Å². The van der Waals surface area contributed by atoms with Crippen LogP contribution in [0.3, 0.4) is 0 Å². The first-order valence-corrected chi connectivity index (χ1v) is 7.43. The fraction of sp³-hybridized carbons (Fsp3) is 0.400. The Hall–Kier alpha value is -1.13. The molecular formula is C15H20BrN3. The van der Waals surface area contributed by atoms with E-state index in [2.05, 4.69) is 45.4 Å². The molecule has 0 amide bonds. The Labute approximate surface area is 123 Å². The van der Waals surface area contributed by atoms with Crippen LogP contribution in [-0.2, 0) is 13.0 Å². The van der Waals surface area contributed by atoms with Gasteiger partial charge in [0.2, 0.25) is 0 Å². The standard InChI is InChI=1S/C15H20BrN3/c1-3-8-19-9-7-18-15(19)10-14(17)12-5-4-6-13(16)11(12)2/h4-7,9,14H,3,8,10,17H2,1-2H3. The quantitative estimate of drug-likeness (QED) is 0.914. The summed E-state index contributed by atoms with van der Waals surface area (Å²) in [7, 11) is 0. The van der Waals surface area contributed by atoms with Crippen molar-refractivity contribution in [1.29, 1.82) is 0 Å². The largest absolute Gasteiger partial charge is 0.335 e. The van der Waals surface area contributed by atoms with E-state index in [1.54, 1.807) is 0 Å². The minimum absolute atomic E-state index is 0.0180. The van der Waals surface area contributed by atoms with E-state index in [1.807, 2.05) is 24.5 Å². The Morgan fingerprint density at radius 2 is 2.21 bits per heavy atom. The fourth-order valence-corrected chi connectivity index (χ4v) is 2.69. The van der Waals surface area contributed by atoms with Crippen LogP contribution in [0, 0.1) is 6.92 Å². The predicted octanol–water partition coefficient (Wildman–Crippen LogP) is 3.61. The Bertz CT molecular complexity index is 548. The van der Waals surface area contributed by atoms with E-state index in [0.717, 1.165) is 29.7 Å². The van der Waals surface area contributed by atoms with Crippen LogP contribution in [0.1, 0.15) is 36.3 Å². The number of nitrogens with two attached hydrogens (primary N) is 1. The minimum Gasteiger partial charge on any atom is -0.335 e. The SMILES string of the molecule is CCCn1ccnc1CC(N)c1cccc(Br)c1C. The molecule has 0 spiro atoms. The Morgan fingerprint density at radius 1 is 1.42 bits per heavy atom. The molecule has 3 nitrogen and oxygen atoms in total. The predicted molar refractivity (Wildman–Crippen MR) is 82.0 cm³/mol. The summed E-state index contributed by atoms with van der Waals surface area (Å²) in [6, 6.07) is 6.15. The normalized spacial score (nSPS) is 12.6. The third kappa shape index (κ3) is 3.25. The topological polar surface area (TPSA) is 43.8 Å². The fourth-order valence-electron chi connectivity index (χ4n) is 2.31. The van der Waals surface area contributed by atoms with E-state index in [-0.39, 0.29) is 6.04 Å². The summed E-state index contributed by atoms with van der Waals surface area (Å²) in [5.41, 5.74) is 8.74. The molecule has 2 N–H and O–H groups in total. The van der Waals surface area contributed by atoms with E-state index in [9.17, 15) is 0 Å². The van der Waals surface area contributed by atoms with Gasteiger partial charge in [0, 0.05) is 35.9 Å². The second kappa shape index (κ2) is 6.35. The van der Waals surface area contributed by atoms with Crippen molar-refractivity contribution in [1.82, 2.24) is 9.55 Å². The van der Waals surface area contributed by atoms with Gasteiger partial charge in [0.1, 0.15) is 5.82 Å². The molecule has 0 aliphatic carbocycles. The molecule has 4 heteroatoms. The van der Waals surface area contributed by atoms with E-state index in [4.69, 9.17) is 5.73 Å². The van der Waals surface area contributed by atoms with Crippen molar-refractivity contribution in [3.8, 4) is 0 Å². The number of nitrogens with zero attached hydrogens (tertiary/aromatic N) is 2. The summed E-state index contributed by atoms with van der Waals surface area (Å²) >= 11 is 3.56. The summed E-state index contributed by atoms with van der Waals surface area (Å²) in [5.74, 6) is 1.06. The van der Waals surface area contributed by atoms with Crippen molar-refractivity contribution in [3.05, 3.63) is 52.0 Å². The van der Waals surface area contributed by atoms with E-state index >= 15 is 0 Å². The molecule has 19 heavy (non-hydrogen) atoms. The third-order valence-electron chi connectivity index (χ3n) is 3.38. The number of rotatable bonds is 5.